The van der Waals surface area contributed by atoms with E-state index >= 15 is 0 Å². The molecule has 0 aliphatic rings. The highest BCUT2D eigenvalue weighted by Gasteiger charge is 2.10. The van der Waals surface area contributed by atoms with Crippen LogP contribution in [0.25, 0.3) is 10.9 Å². The second-order valence-electron chi connectivity index (χ2n) is 7.20. The number of halogens is 1. The van der Waals surface area contributed by atoms with E-state index in [4.69, 9.17) is 9.84 Å². The van der Waals surface area contributed by atoms with E-state index in [0.29, 0.717) is 12.2 Å². The zero-order chi connectivity index (χ0) is 21.8. The average Bonchev–Trinajstić information content (AvgIpc) is 3.14. The van der Waals surface area contributed by atoms with Crippen molar-refractivity contribution in [1.29, 1.82) is 0 Å². The van der Waals surface area contributed by atoms with Gasteiger partial charge in [0.05, 0.1) is 37.2 Å². The second kappa shape index (κ2) is 8.97. The molecule has 2 aromatic carbocycles. The smallest absolute Gasteiger partial charge is 0.229 e. The van der Waals surface area contributed by atoms with Gasteiger partial charge in [-0.1, -0.05) is 0 Å². The Hall–Kier alpha value is -3.72. The van der Waals surface area contributed by atoms with Gasteiger partial charge in [-0.15, -0.1) is 0 Å². The minimum atomic E-state index is -0.561. The molecule has 0 fully saturated rings. The molecule has 4 aromatic rings. The van der Waals surface area contributed by atoms with E-state index in [1.807, 2.05) is 44.2 Å². The maximum absolute atomic E-state index is 14.3. The third-order valence-electron chi connectivity index (χ3n) is 4.44. The number of nitrogens with one attached hydrogen (secondary N) is 2. The van der Waals surface area contributed by atoms with Crippen LogP contribution in [0.2, 0.25) is 0 Å². The van der Waals surface area contributed by atoms with Gasteiger partial charge in [-0.25, -0.2) is 9.37 Å². The summed E-state index contributed by atoms with van der Waals surface area (Å²) in [4.78, 5) is 8.28. The van der Waals surface area contributed by atoms with Gasteiger partial charge in [-0.2, -0.15) is 10.1 Å². The monoisotopic (exact) mass is 422 g/mol. The van der Waals surface area contributed by atoms with Crippen molar-refractivity contribution < 1.29 is 14.2 Å². The first-order chi connectivity index (χ1) is 15.0. The number of anilines is 4. The summed E-state index contributed by atoms with van der Waals surface area (Å²) in [6.07, 6.45) is 2.92. The lowest BCUT2D eigenvalue weighted by molar-refractivity contribution is 0.242. The zero-order valence-corrected chi connectivity index (χ0v) is 17.2. The maximum atomic E-state index is 14.3. The first-order valence-corrected chi connectivity index (χ1v) is 9.91. The molecular formula is C22H23FN6O2. The second-order valence-corrected chi connectivity index (χ2v) is 7.20. The lowest BCUT2D eigenvalue weighted by Gasteiger charge is -2.12. The molecule has 0 saturated heterocycles. The number of fused-ring (bicyclic) bond motifs is 1. The number of benzene rings is 2. The Bertz CT molecular complexity index is 1180. The Morgan fingerprint density at radius 1 is 1.06 bits per heavy atom. The molecular weight excluding hydrogens is 399 g/mol. The van der Waals surface area contributed by atoms with Crippen LogP contribution >= 0.6 is 0 Å². The van der Waals surface area contributed by atoms with Gasteiger partial charge in [-0.05, 0) is 56.3 Å². The summed E-state index contributed by atoms with van der Waals surface area (Å²) < 4.78 is 21.6. The van der Waals surface area contributed by atoms with Crippen LogP contribution in [-0.4, -0.2) is 37.6 Å². The summed E-state index contributed by atoms with van der Waals surface area (Å²) >= 11 is 0. The van der Waals surface area contributed by atoms with Crippen molar-refractivity contribution in [2.45, 2.75) is 26.5 Å². The molecule has 0 amide bonds. The largest absolute Gasteiger partial charge is 0.491 e. The van der Waals surface area contributed by atoms with Gasteiger partial charge in [0.2, 0.25) is 5.95 Å². The van der Waals surface area contributed by atoms with Gasteiger partial charge in [0.1, 0.15) is 5.75 Å². The van der Waals surface area contributed by atoms with Crippen molar-refractivity contribution >= 4 is 34.0 Å². The van der Waals surface area contributed by atoms with Crippen LogP contribution in [-0.2, 0) is 6.54 Å². The molecule has 3 N–H and O–H groups in total. The molecule has 0 aliphatic carbocycles. The van der Waals surface area contributed by atoms with E-state index in [0.717, 1.165) is 28.5 Å². The SMILES string of the molecule is CC(C)Oc1ccc(Nc2nc(Nc3ccc4c(cnn4CCO)c3)ncc2F)cc1. The molecule has 8 nitrogen and oxygen atoms in total. The predicted molar refractivity (Wildman–Crippen MR) is 118 cm³/mol. The number of nitrogens with zero attached hydrogens (tertiary/aromatic N) is 4. The van der Waals surface area contributed by atoms with Crippen molar-refractivity contribution in [1.82, 2.24) is 19.7 Å². The molecule has 0 unspecified atom stereocenters. The Labute approximate surface area is 178 Å². The number of ether oxygens (including phenoxy) is 1. The van der Waals surface area contributed by atoms with Crippen molar-refractivity contribution in [3.8, 4) is 5.75 Å². The molecule has 9 heteroatoms. The first-order valence-electron chi connectivity index (χ1n) is 9.91. The summed E-state index contributed by atoms with van der Waals surface area (Å²) in [6.45, 7) is 4.35. The Morgan fingerprint density at radius 3 is 2.58 bits per heavy atom. The normalized spacial score (nSPS) is 11.1. The lowest BCUT2D eigenvalue weighted by Crippen LogP contribution is -2.06. The molecule has 2 aromatic heterocycles. The number of aliphatic hydroxyl groups is 1. The molecule has 0 saturated carbocycles. The number of hydrogen-bond donors (Lipinski definition) is 3. The van der Waals surface area contributed by atoms with E-state index in [2.05, 4.69) is 25.7 Å². The molecule has 0 atom stereocenters. The molecule has 4 rings (SSSR count). The van der Waals surface area contributed by atoms with Gasteiger partial charge in [0, 0.05) is 16.8 Å². The van der Waals surface area contributed by atoms with Crippen LogP contribution in [0.1, 0.15) is 13.8 Å². The van der Waals surface area contributed by atoms with E-state index < -0.39 is 5.82 Å². The zero-order valence-electron chi connectivity index (χ0n) is 17.2. The fourth-order valence-electron chi connectivity index (χ4n) is 3.11. The third kappa shape index (κ3) is 4.89. The van der Waals surface area contributed by atoms with Crippen LogP contribution in [0.3, 0.4) is 0 Å². The van der Waals surface area contributed by atoms with Crippen molar-refractivity contribution in [2.24, 2.45) is 0 Å². The van der Waals surface area contributed by atoms with Crippen LogP contribution in [0.15, 0.2) is 54.9 Å². The highest BCUT2D eigenvalue weighted by Crippen LogP contribution is 2.24. The van der Waals surface area contributed by atoms with E-state index in [9.17, 15) is 4.39 Å². The van der Waals surface area contributed by atoms with Gasteiger partial charge in [-0.3, -0.25) is 4.68 Å². The topological polar surface area (TPSA) is 97.1 Å². The molecule has 0 aliphatic heterocycles. The summed E-state index contributed by atoms with van der Waals surface area (Å²) in [7, 11) is 0. The van der Waals surface area contributed by atoms with Gasteiger partial charge in [0.15, 0.2) is 11.6 Å². The quantitative estimate of drug-likeness (QED) is 0.391. The molecule has 160 valence electrons. The van der Waals surface area contributed by atoms with Gasteiger partial charge in [0.25, 0.3) is 0 Å². The number of rotatable bonds is 8. The third-order valence-corrected chi connectivity index (χ3v) is 4.44. The van der Waals surface area contributed by atoms with Gasteiger partial charge >= 0.3 is 0 Å². The lowest BCUT2D eigenvalue weighted by atomic mass is 10.2. The Kier molecular flexibility index (Phi) is 5.94. The summed E-state index contributed by atoms with van der Waals surface area (Å²) in [5.41, 5.74) is 2.33. The molecule has 31 heavy (non-hydrogen) atoms. The number of aromatic nitrogens is 4. The molecule has 2 heterocycles. The van der Waals surface area contributed by atoms with Crippen LogP contribution < -0.4 is 15.4 Å². The fourth-order valence-corrected chi connectivity index (χ4v) is 3.11. The number of aliphatic hydroxyl groups excluding tert-OH is 1. The van der Waals surface area contributed by atoms with E-state index in [1.54, 1.807) is 23.0 Å². The minimum absolute atomic E-state index is 0.0173. The van der Waals surface area contributed by atoms with E-state index in [1.165, 1.54) is 0 Å². The van der Waals surface area contributed by atoms with Crippen LogP contribution in [0.5, 0.6) is 5.75 Å². The highest BCUT2D eigenvalue weighted by atomic mass is 19.1. The first kappa shape index (κ1) is 20.5. The molecule has 0 radical (unpaired) electrons. The molecule has 0 spiro atoms. The predicted octanol–water partition coefficient (Wildman–Crippen LogP) is 4.23. The van der Waals surface area contributed by atoms with Crippen molar-refractivity contribution in [2.75, 3.05) is 17.2 Å². The Morgan fingerprint density at radius 2 is 1.84 bits per heavy atom. The van der Waals surface area contributed by atoms with Crippen molar-refractivity contribution in [3.05, 3.63) is 60.7 Å². The Balaban J connectivity index is 1.50. The van der Waals surface area contributed by atoms with Gasteiger partial charge < -0.3 is 20.5 Å². The standard InChI is InChI=1S/C22H23FN6O2/c1-14(2)31-18-6-3-16(4-7-18)26-21-19(23)13-24-22(28-21)27-17-5-8-20-15(11-17)12-25-29(20)9-10-30/h3-8,11-14,30H,9-10H2,1-2H3,(H2,24,26,27,28). The summed E-state index contributed by atoms with van der Waals surface area (Å²) in [5.74, 6) is 0.496. The highest BCUT2D eigenvalue weighted by molar-refractivity contribution is 5.83. The molecule has 0 bridgehead atoms. The van der Waals surface area contributed by atoms with Crippen molar-refractivity contribution in [3.63, 3.8) is 0 Å². The number of hydrogen-bond acceptors (Lipinski definition) is 7. The van der Waals surface area contributed by atoms with Crippen LogP contribution in [0, 0.1) is 5.82 Å². The minimum Gasteiger partial charge on any atom is -0.491 e. The summed E-state index contributed by atoms with van der Waals surface area (Å²) in [5, 5.41) is 20.3. The summed E-state index contributed by atoms with van der Waals surface area (Å²) in [6, 6.07) is 12.9. The van der Waals surface area contributed by atoms with Crippen LogP contribution in [0.4, 0.5) is 27.5 Å². The maximum Gasteiger partial charge on any atom is 0.229 e. The average molecular weight is 422 g/mol. The fraction of sp³-hybridized carbons (Fsp3) is 0.227. The van der Waals surface area contributed by atoms with E-state index in [-0.39, 0.29) is 24.5 Å².